The van der Waals surface area contributed by atoms with Crippen LogP contribution in [-0.2, 0) is 17.8 Å². The molecular formula is C24H31N3O2. The van der Waals surface area contributed by atoms with Crippen LogP contribution >= 0.6 is 0 Å². The first-order valence-corrected chi connectivity index (χ1v) is 10.7. The molecule has 29 heavy (non-hydrogen) atoms. The Bertz CT molecular complexity index is 816. The van der Waals surface area contributed by atoms with Gasteiger partial charge in [-0.25, -0.2) is 0 Å². The lowest BCUT2D eigenvalue weighted by Gasteiger charge is -2.38. The highest BCUT2D eigenvalue weighted by Gasteiger charge is 2.47. The molecule has 1 aromatic carbocycles. The summed E-state index contributed by atoms with van der Waals surface area (Å²) in [5.74, 6) is 1.29. The van der Waals surface area contributed by atoms with Crippen LogP contribution in [0.25, 0.3) is 0 Å². The van der Waals surface area contributed by atoms with E-state index < -0.39 is 0 Å². The van der Waals surface area contributed by atoms with Gasteiger partial charge in [0, 0.05) is 25.5 Å². The molecule has 0 radical (unpaired) electrons. The van der Waals surface area contributed by atoms with Gasteiger partial charge in [0.25, 0.3) is 0 Å². The molecule has 1 amide bonds. The number of aryl methyl sites for hydroxylation is 1. The van der Waals surface area contributed by atoms with Crippen molar-refractivity contribution in [2.45, 2.75) is 38.6 Å². The quantitative estimate of drug-likeness (QED) is 0.722. The highest BCUT2D eigenvalue weighted by Crippen LogP contribution is 2.42. The van der Waals surface area contributed by atoms with Gasteiger partial charge < -0.3 is 14.5 Å². The van der Waals surface area contributed by atoms with Gasteiger partial charge in [0.15, 0.2) is 0 Å². The molecule has 0 bridgehead atoms. The molecule has 0 aliphatic carbocycles. The number of piperidine rings is 1. The second-order valence-corrected chi connectivity index (χ2v) is 8.42. The maximum atomic E-state index is 13.1. The van der Waals surface area contributed by atoms with Gasteiger partial charge in [-0.2, -0.15) is 0 Å². The van der Waals surface area contributed by atoms with Gasteiger partial charge in [-0.3, -0.25) is 9.78 Å². The summed E-state index contributed by atoms with van der Waals surface area (Å²) in [6.07, 6.45) is 8.84. The van der Waals surface area contributed by atoms with Crippen molar-refractivity contribution >= 4 is 5.91 Å². The molecule has 5 heteroatoms. The molecule has 154 valence electrons. The van der Waals surface area contributed by atoms with E-state index in [0.717, 1.165) is 69.6 Å². The summed E-state index contributed by atoms with van der Waals surface area (Å²) >= 11 is 0. The van der Waals surface area contributed by atoms with Crippen LogP contribution in [0.1, 0.15) is 36.8 Å². The number of pyridine rings is 1. The third-order valence-electron chi connectivity index (χ3n) is 6.58. The molecule has 1 aromatic heterocycles. The van der Waals surface area contributed by atoms with Crippen molar-refractivity contribution < 1.29 is 9.53 Å². The topological polar surface area (TPSA) is 45.7 Å². The Morgan fingerprint density at radius 1 is 1.07 bits per heavy atom. The molecule has 2 aromatic rings. The lowest BCUT2D eigenvalue weighted by atomic mass is 9.77. The Morgan fingerprint density at radius 3 is 2.62 bits per heavy atom. The molecule has 1 spiro atoms. The largest absolute Gasteiger partial charge is 0.497 e. The zero-order valence-corrected chi connectivity index (χ0v) is 17.3. The highest BCUT2D eigenvalue weighted by atomic mass is 16.5. The number of amides is 1. The molecule has 0 N–H and O–H groups in total. The Morgan fingerprint density at radius 2 is 1.86 bits per heavy atom. The van der Waals surface area contributed by atoms with E-state index in [1.54, 1.807) is 13.3 Å². The lowest BCUT2D eigenvalue weighted by Crippen LogP contribution is -2.44. The number of benzene rings is 1. The van der Waals surface area contributed by atoms with Gasteiger partial charge in [-0.1, -0.05) is 18.2 Å². The molecule has 5 nitrogen and oxygen atoms in total. The van der Waals surface area contributed by atoms with Crippen LogP contribution in [0.3, 0.4) is 0 Å². The molecule has 2 saturated heterocycles. The van der Waals surface area contributed by atoms with Gasteiger partial charge in [-0.15, -0.1) is 0 Å². The van der Waals surface area contributed by atoms with Gasteiger partial charge in [0.05, 0.1) is 12.5 Å². The summed E-state index contributed by atoms with van der Waals surface area (Å²) in [5.41, 5.74) is 2.33. The van der Waals surface area contributed by atoms with Crippen LogP contribution in [0.4, 0.5) is 0 Å². The van der Waals surface area contributed by atoms with E-state index in [0.29, 0.717) is 12.5 Å². The molecule has 0 saturated carbocycles. The molecule has 2 aliphatic rings. The van der Waals surface area contributed by atoms with Gasteiger partial charge in [0.1, 0.15) is 5.75 Å². The Hall–Kier alpha value is -2.40. The molecular weight excluding hydrogens is 362 g/mol. The summed E-state index contributed by atoms with van der Waals surface area (Å²) in [6, 6.07) is 12.3. The zero-order chi connectivity index (χ0) is 20.1. The Balaban J connectivity index is 1.24. The first kappa shape index (κ1) is 19.9. The van der Waals surface area contributed by atoms with Crippen LogP contribution in [0.15, 0.2) is 48.8 Å². The van der Waals surface area contributed by atoms with Crippen LogP contribution in [0.2, 0.25) is 0 Å². The monoisotopic (exact) mass is 393 g/mol. The fraction of sp³-hybridized carbons (Fsp3) is 0.500. The van der Waals surface area contributed by atoms with Gasteiger partial charge >= 0.3 is 0 Å². The maximum absolute atomic E-state index is 13.1. The normalized spacial score (nSPS) is 19.1. The fourth-order valence-electron chi connectivity index (χ4n) is 4.76. The minimum Gasteiger partial charge on any atom is -0.497 e. The van der Waals surface area contributed by atoms with Crippen LogP contribution in [-0.4, -0.2) is 54.0 Å². The Kier molecular flexibility index (Phi) is 6.14. The standard InChI is InChI=1S/C24H31N3O2/c1-29-22-8-2-5-20(17-22)7-4-13-26-14-9-24(10-15-26)11-16-27(23(24)28)19-21-6-3-12-25-18-21/h2-3,5-6,8,12,17-18H,4,7,9-11,13-16,19H2,1H3. The average Bonchev–Trinajstić information content (AvgIpc) is 3.06. The summed E-state index contributed by atoms with van der Waals surface area (Å²) < 4.78 is 5.31. The number of carbonyl (C=O) groups excluding carboxylic acids is 1. The highest BCUT2D eigenvalue weighted by molar-refractivity contribution is 5.85. The predicted molar refractivity (Wildman–Crippen MR) is 114 cm³/mol. The van der Waals surface area contributed by atoms with Crippen molar-refractivity contribution in [2.75, 3.05) is 33.3 Å². The summed E-state index contributed by atoms with van der Waals surface area (Å²) in [6.45, 7) is 4.73. The second kappa shape index (κ2) is 8.95. The number of ether oxygens (including phenoxy) is 1. The van der Waals surface area contributed by atoms with Crippen molar-refractivity contribution in [3.63, 3.8) is 0 Å². The molecule has 4 rings (SSSR count). The van der Waals surface area contributed by atoms with E-state index in [2.05, 4.69) is 34.1 Å². The minimum absolute atomic E-state index is 0.120. The van der Waals surface area contributed by atoms with E-state index in [1.807, 2.05) is 23.2 Å². The first-order chi connectivity index (χ1) is 14.2. The number of methoxy groups -OCH3 is 1. The zero-order valence-electron chi connectivity index (χ0n) is 17.3. The number of rotatable bonds is 7. The summed E-state index contributed by atoms with van der Waals surface area (Å²) in [4.78, 5) is 21.9. The number of hydrogen-bond acceptors (Lipinski definition) is 4. The van der Waals surface area contributed by atoms with E-state index in [-0.39, 0.29) is 5.41 Å². The summed E-state index contributed by atoms with van der Waals surface area (Å²) in [7, 11) is 1.71. The van der Waals surface area contributed by atoms with Gasteiger partial charge in [0.2, 0.25) is 5.91 Å². The third-order valence-corrected chi connectivity index (χ3v) is 6.58. The van der Waals surface area contributed by atoms with Crippen molar-refractivity contribution in [3.8, 4) is 5.75 Å². The third kappa shape index (κ3) is 4.61. The minimum atomic E-state index is -0.120. The SMILES string of the molecule is COc1cccc(CCCN2CCC3(CC2)CCN(Cc2cccnc2)C3=O)c1. The van der Waals surface area contributed by atoms with Crippen LogP contribution in [0, 0.1) is 5.41 Å². The van der Waals surface area contributed by atoms with Crippen molar-refractivity contribution in [1.29, 1.82) is 0 Å². The number of likely N-dealkylation sites (tertiary alicyclic amines) is 2. The molecule has 2 fully saturated rings. The van der Waals surface area contributed by atoms with E-state index >= 15 is 0 Å². The van der Waals surface area contributed by atoms with Crippen molar-refractivity contribution in [1.82, 2.24) is 14.8 Å². The molecule has 0 unspecified atom stereocenters. The van der Waals surface area contributed by atoms with E-state index in [4.69, 9.17) is 4.74 Å². The lowest BCUT2D eigenvalue weighted by molar-refractivity contribution is -0.138. The van der Waals surface area contributed by atoms with Crippen molar-refractivity contribution in [2.24, 2.45) is 5.41 Å². The molecule has 3 heterocycles. The number of hydrogen-bond donors (Lipinski definition) is 0. The van der Waals surface area contributed by atoms with Crippen LogP contribution in [0.5, 0.6) is 5.75 Å². The molecule has 0 atom stereocenters. The van der Waals surface area contributed by atoms with Crippen molar-refractivity contribution in [3.05, 3.63) is 59.9 Å². The predicted octanol–water partition coefficient (Wildman–Crippen LogP) is 3.54. The number of aromatic nitrogens is 1. The second-order valence-electron chi connectivity index (χ2n) is 8.42. The first-order valence-electron chi connectivity index (χ1n) is 10.7. The average molecular weight is 394 g/mol. The smallest absolute Gasteiger partial charge is 0.229 e. The number of carbonyl (C=O) groups is 1. The summed E-state index contributed by atoms with van der Waals surface area (Å²) in [5, 5.41) is 0. The van der Waals surface area contributed by atoms with Crippen LogP contribution < -0.4 is 4.74 Å². The van der Waals surface area contributed by atoms with Gasteiger partial charge in [-0.05, 0) is 81.1 Å². The fourth-order valence-corrected chi connectivity index (χ4v) is 4.76. The van der Waals surface area contributed by atoms with E-state index in [9.17, 15) is 4.79 Å². The van der Waals surface area contributed by atoms with E-state index in [1.165, 1.54) is 5.56 Å². The molecule has 2 aliphatic heterocycles. The Labute approximate surface area is 173 Å². The maximum Gasteiger partial charge on any atom is 0.229 e. The number of nitrogens with zero attached hydrogens (tertiary/aromatic N) is 3.